The lowest BCUT2D eigenvalue weighted by atomic mass is 9.92. The number of nitrogen functional groups attached to an aromatic ring is 2. The molecule has 4 aromatic rings. The molecule has 2 aromatic heterocycles. The minimum absolute atomic E-state index is 0.0450. The number of pyridine rings is 2. The van der Waals surface area contributed by atoms with E-state index in [1.165, 1.54) is 0 Å². The van der Waals surface area contributed by atoms with Crippen LogP contribution in [-0.2, 0) is 19.1 Å². The van der Waals surface area contributed by atoms with Crippen LogP contribution in [0, 0.1) is 35.8 Å². The molecule has 17 heteroatoms. The molecule has 4 heterocycles. The summed E-state index contributed by atoms with van der Waals surface area (Å²) in [6.07, 6.45) is -0.478. The van der Waals surface area contributed by atoms with Crippen molar-refractivity contribution < 1.29 is 43.1 Å². The lowest BCUT2D eigenvalue weighted by Crippen LogP contribution is -2.20. The Bertz CT molecular complexity index is 2420. The van der Waals surface area contributed by atoms with Gasteiger partial charge in [-0.1, -0.05) is 12.1 Å². The van der Waals surface area contributed by atoms with Gasteiger partial charge in [-0.15, -0.1) is 0 Å². The zero-order valence-corrected chi connectivity index (χ0v) is 33.4. The van der Waals surface area contributed by atoms with Crippen molar-refractivity contribution in [3.63, 3.8) is 0 Å². The second-order valence-corrected chi connectivity index (χ2v) is 13.3. The molecule has 2 aliphatic rings. The van der Waals surface area contributed by atoms with E-state index in [1.54, 1.807) is 84.9 Å². The summed E-state index contributed by atoms with van der Waals surface area (Å²) in [5, 5.41) is 27.7. The fraction of sp³-hybridized carbons (Fsp3) is 0.333. The molecule has 0 fully saturated rings. The van der Waals surface area contributed by atoms with E-state index in [0.29, 0.717) is 45.3 Å². The van der Waals surface area contributed by atoms with E-state index in [1.807, 2.05) is 0 Å². The molecule has 2 aromatic carbocycles. The Morgan fingerprint density at radius 2 is 1.15 bits per heavy atom. The van der Waals surface area contributed by atoms with Crippen molar-refractivity contribution in [3.05, 3.63) is 81.7 Å². The van der Waals surface area contributed by atoms with E-state index < -0.39 is 23.8 Å². The number of aliphatic hydroxyl groups is 1. The minimum Gasteiger partial charge on any atom is -0.465 e. The first-order chi connectivity index (χ1) is 28.1. The number of nitriles is 2. The van der Waals surface area contributed by atoms with Crippen molar-refractivity contribution in [1.82, 2.24) is 9.97 Å². The third-order valence-corrected chi connectivity index (χ3v) is 8.39. The molecule has 59 heavy (non-hydrogen) atoms. The van der Waals surface area contributed by atoms with Crippen molar-refractivity contribution in [1.29, 1.82) is 10.5 Å². The number of nitrogens with two attached hydrogens (primary N) is 2. The Morgan fingerprint density at radius 1 is 0.763 bits per heavy atom. The third kappa shape index (κ3) is 9.86. The predicted octanol–water partition coefficient (Wildman–Crippen LogP) is 7.07. The molecule has 304 valence electrons. The van der Waals surface area contributed by atoms with Crippen LogP contribution in [0.3, 0.4) is 0 Å². The topological polar surface area (TPSA) is 244 Å². The summed E-state index contributed by atoms with van der Waals surface area (Å²) >= 11 is 0. The van der Waals surface area contributed by atoms with Gasteiger partial charge in [0.25, 0.3) is 0 Å². The lowest BCUT2D eigenvalue weighted by Gasteiger charge is -2.18. The number of carbonyl (C=O) groups excluding carboxylic acids is 2. The van der Waals surface area contributed by atoms with Gasteiger partial charge in [0, 0.05) is 17.2 Å². The largest absolute Gasteiger partial charge is 0.465 e. The van der Waals surface area contributed by atoms with Gasteiger partial charge < -0.3 is 45.0 Å². The number of aliphatic hydroxyl groups excluding tert-OH is 1. The van der Waals surface area contributed by atoms with Crippen LogP contribution in [-0.4, -0.2) is 59.4 Å². The average molecular weight is 803 g/mol. The number of anilines is 2. The highest BCUT2D eigenvalue weighted by molar-refractivity contribution is 5.93. The molecular weight excluding hydrogens is 761 g/mol. The van der Waals surface area contributed by atoms with Gasteiger partial charge in [-0.3, -0.25) is 9.59 Å². The monoisotopic (exact) mass is 802 g/mol. The van der Waals surface area contributed by atoms with E-state index in [9.17, 15) is 20.1 Å². The van der Waals surface area contributed by atoms with Gasteiger partial charge in [0.2, 0.25) is 25.0 Å². The van der Waals surface area contributed by atoms with Crippen molar-refractivity contribution in [2.45, 2.75) is 72.5 Å². The maximum absolute atomic E-state index is 12.4. The number of rotatable bonds is 8. The summed E-state index contributed by atoms with van der Waals surface area (Å²) in [7, 11) is 0. The highest BCUT2D eigenvalue weighted by Gasteiger charge is 2.30. The van der Waals surface area contributed by atoms with Crippen molar-refractivity contribution >= 4 is 34.9 Å². The number of benzene rings is 2. The van der Waals surface area contributed by atoms with Gasteiger partial charge in [-0.05, 0) is 83.9 Å². The number of hydrogen-bond acceptors (Lipinski definition) is 15. The minimum atomic E-state index is -0.827. The highest BCUT2D eigenvalue weighted by Crippen LogP contribution is 2.45. The molecule has 0 amide bonds. The summed E-state index contributed by atoms with van der Waals surface area (Å²) in [5.74, 6) is -0.639. The SMILES string of the molecule is CC(C)O.[C-]#[N+]c1c(N)nc(C(C)C(=O)OC(C)C)c(C#N)c1-c1ccc2c(c1)OCO2.[C-]#[N+]c1c(N)nc(C(C)C(=O)OCC)c(C#N)c1-c1ccc2c(c1)OCO2. The van der Waals surface area contributed by atoms with Crippen LogP contribution >= 0.6 is 0 Å². The quantitative estimate of drug-likeness (QED) is 0.119. The second kappa shape index (κ2) is 19.5. The molecule has 6 rings (SSSR count). The van der Waals surface area contributed by atoms with Gasteiger partial charge in [0.15, 0.2) is 23.0 Å². The molecular formula is C42H42N8O9. The van der Waals surface area contributed by atoms with Crippen molar-refractivity contribution in [2.24, 2.45) is 0 Å². The lowest BCUT2D eigenvalue weighted by molar-refractivity contribution is -0.149. The standard InChI is InChI=1S/C20H18N4O4.C19H16N4O4.C3H8O/c1-10(2)28-20(25)11(3)17-13(8-21)16(18(23-4)19(22)24-17)12-5-6-14-15(7-12)27-9-26-14;1-4-25-19(24)10(2)16-12(8-20)15(17(22-3)18(21)23-16)11-5-6-13-14(7-11)27-9-26-13;1-3(2)4/h5-7,10-11H,9H2,1-3H3,(H2,22,24);5-7,10H,4,9H2,1-2H3,(H2,21,23);3-4H,1-2H3. The van der Waals surface area contributed by atoms with Crippen molar-refractivity contribution in [2.75, 3.05) is 31.7 Å². The van der Waals surface area contributed by atoms with Crippen LogP contribution in [0.25, 0.3) is 31.9 Å². The average Bonchev–Trinajstić information content (AvgIpc) is 3.88. The summed E-state index contributed by atoms with van der Waals surface area (Å²) < 4.78 is 31.7. The molecule has 5 N–H and O–H groups in total. The second-order valence-electron chi connectivity index (χ2n) is 13.3. The van der Waals surface area contributed by atoms with Gasteiger partial charge in [-0.2, -0.15) is 10.5 Å². The maximum Gasteiger partial charge on any atom is 0.315 e. The van der Waals surface area contributed by atoms with Gasteiger partial charge >= 0.3 is 11.9 Å². The fourth-order valence-electron chi connectivity index (χ4n) is 5.80. The molecule has 0 spiro atoms. The zero-order chi connectivity index (χ0) is 43.6. The summed E-state index contributed by atoms with van der Waals surface area (Å²) in [5.41, 5.74) is 14.3. The first-order valence-electron chi connectivity index (χ1n) is 18.2. The number of hydrogen-bond donors (Lipinski definition) is 3. The molecule has 0 bridgehead atoms. The van der Waals surface area contributed by atoms with Crippen LogP contribution in [0.2, 0.25) is 0 Å². The third-order valence-electron chi connectivity index (χ3n) is 8.39. The Morgan fingerprint density at radius 3 is 1.51 bits per heavy atom. The molecule has 17 nitrogen and oxygen atoms in total. The van der Waals surface area contributed by atoms with Gasteiger partial charge in [-0.25, -0.2) is 19.7 Å². The van der Waals surface area contributed by atoms with Crippen LogP contribution < -0.4 is 30.4 Å². The number of aromatic nitrogens is 2. The van der Waals surface area contributed by atoms with E-state index in [4.69, 9.17) is 58.1 Å². The highest BCUT2D eigenvalue weighted by atomic mass is 16.7. The molecule has 0 radical (unpaired) electrons. The normalized spacial score (nSPS) is 12.6. The Labute approximate surface area is 341 Å². The molecule has 2 aliphatic heterocycles. The number of carbonyl (C=O) groups is 2. The van der Waals surface area contributed by atoms with E-state index >= 15 is 0 Å². The maximum atomic E-state index is 12.4. The van der Waals surface area contributed by atoms with Crippen molar-refractivity contribution in [3.8, 4) is 57.4 Å². The summed E-state index contributed by atoms with van der Waals surface area (Å²) in [6.45, 7) is 27.2. The Hall–Kier alpha value is -7.60. The van der Waals surface area contributed by atoms with E-state index in [-0.39, 0.29) is 77.9 Å². The van der Waals surface area contributed by atoms with Crippen LogP contribution in [0.5, 0.6) is 23.0 Å². The first-order valence-corrected chi connectivity index (χ1v) is 18.2. The van der Waals surface area contributed by atoms with Crippen LogP contribution in [0.15, 0.2) is 36.4 Å². The van der Waals surface area contributed by atoms with Crippen LogP contribution in [0.4, 0.5) is 23.0 Å². The molecule has 2 atom stereocenters. The molecule has 0 saturated heterocycles. The number of nitrogens with zero attached hydrogens (tertiary/aromatic N) is 6. The number of fused-ring (bicyclic) bond motifs is 2. The Balaban J connectivity index is 0.000000239. The van der Waals surface area contributed by atoms with Gasteiger partial charge in [0.1, 0.15) is 23.8 Å². The molecule has 0 saturated carbocycles. The summed E-state index contributed by atoms with van der Waals surface area (Å²) in [6, 6.07) is 14.3. The first kappa shape index (κ1) is 44.1. The van der Waals surface area contributed by atoms with E-state index in [0.717, 1.165) is 0 Å². The smallest absolute Gasteiger partial charge is 0.315 e. The number of esters is 2. The molecule has 2 unspecified atom stereocenters. The zero-order valence-electron chi connectivity index (χ0n) is 33.4. The van der Waals surface area contributed by atoms with E-state index in [2.05, 4.69) is 31.8 Å². The van der Waals surface area contributed by atoms with Crippen LogP contribution in [0.1, 0.15) is 82.8 Å². The Kier molecular flexibility index (Phi) is 14.6. The molecule has 0 aliphatic carbocycles. The van der Waals surface area contributed by atoms with Gasteiger partial charge in [0.05, 0.1) is 60.2 Å². The fourth-order valence-corrected chi connectivity index (χ4v) is 5.80. The predicted molar refractivity (Wildman–Crippen MR) is 214 cm³/mol. The number of ether oxygens (including phenoxy) is 6. The summed E-state index contributed by atoms with van der Waals surface area (Å²) in [4.78, 5) is 39.8.